The molecule has 0 aliphatic rings. The Morgan fingerprint density at radius 3 is 2.26 bits per heavy atom. The van der Waals surface area contributed by atoms with Crippen LogP contribution in [0, 0.1) is 12.7 Å². The van der Waals surface area contributed by atoms with Crippen molar-refractivity contribution in [2.75, 3.05) is 10.7 Å². The fourth-order valence-corrected chi connectivity index (χ4v) is 2.05. The molecule has 8 heteroatoms. The van der Waals surface area contributed by atoms with Crippen LogP contribution in [0.5, 0.6) is 0 Å². The quantitative estimate of drug-likeness (QED) is 0.599. The van der Waals surface area contributed by atoms with Gasteiger partial charge in [-0.2, -0.15) is 0 Å². The molecule has 2 rings (SSSR count). The summed E-state index contributed by atoms with van der Waals surface area (Å²) in [5.41, 5.74) is 2.78. The predicted molar refractivity (Wildman–Crippen MR) is 74.3 cm³/mol. The summed E-state index contributed by atoms with van der Waals surface area (Å²) in [4.78, 5) is 8.19. The zero-order valence-electron chi connectivity index (χ0n) is 9.84. The number of benzene rings is 1. The van der Waals surface area contributed by atoms with Crippen LogP contribution in [-0.4, -0.2) is 9.97 Å². The highest BCUT2D eigenvalue weighted by atomic mass is 35.5. The van der Waals surface area contributed by atoms with Gasteiger partial charge in [-0.1, -0.05) is 23.2 Å². The number of nitrogens with one attached hydrogen (secondary N) is 2. The Kier molecular flexibility index (Phi) is 4.04. The first-order chi connectivity index (χ1) is 8.99. The SMILES string of the molecule is Cc1nc(NN)cc(Nc2c(Cl)cc(F)cc2Cl)n1. The summed E-state index contributed by atoms with van der Waals surface area (Å²) in [5, 5.41) is 3.22. The Labute approximate surface area is 118 Å². The summed E-state index contributed by atoms with van der Waals surface area (Å²) in [6.07, 6.45) is 0. The number of anilines is 3. The van der Waals surface area contributed by atoms with E-state index >= 15 is 0 Å². The third kappa shape index (κ3) is 3.23. The second-order valence-corrected chi connectivity index (χ2v) is 4.51. The maximum atomic E-state index is 13.1. The molecule has 0 aliphatic heterocycles. The summed E-state index contributed by atoms with van der Waals surface area (Å²) < 4.78 is 13.1. The number of nitrogen functional groups attached to an aromatic ring is 1. The van der Waals surface area contributed by atoms with Crippen molar-refractivity contribution in [2.24, 2.45) is 5.84 Å². The molecule has 0 saturated heterocycles. The minimum Gasteiger partial charge on any atom is -0.338 e. The van der Waals surface area contributed by atoms with Gasteiger partial charge in [0.15, 0.2) is 0 Å². The summed E-state index contributed by atoms with van der Waals surface area (Å²) >= 11 is 11.9. The highest BCUT2D eigenvalue weighted by Crippen LogP contribution is 2.33. The second-order valence-electron chi connectivity index (χ2n) is 3.70. The fourth-order valence-electron chi connectivity index (χ4n) is 1.50. The van der Waals surface area contributed by atoms with Crippen molar-refractivity contribution in [1.29, 1.82) is 0 Å². The van der Waals surface area contributed by atoms with E-state index in [2.05, 4.69) is 20.7 Å². The molecule has 5 nitrogen and oxygen atoms in total. The number of hydrazine groups is 1. The van der Waals surface area contributed by atoms with E-state index < -0.39 is 5.82 Å². The molecule has 4 N–H and O–H groups in total. The van der Waals surface area contributed by atoms with E-state index in [1.807, 2.05) is 0 Å². The molecule has 0 radical (unpaired) electrons. The number of nitrogens with two attached hydrogens (primary N) is 1. The normalized spacial score (nSPS) is 10.4. The Bertz CT molecular complexity index is 597. The van der Waals surface area contributed by atoms with Crippen LogP contribution in [0.15, 0.2) is 18.2 Å². The highest BCUT2D eigenvalue weighted by molar-refractivity contribution is 6.39. The van der Waals surface area contributed by atoms with Crippen molar-refractivity contribution in [3.63, 3.8) is 0 Å². The number of rotatable bonds is 3. The molecule has 0 spiro atoms. The van der Waals surface area contributed by atoms with E-state index in [-0.39, 0.29) is 10.0 Å². The minimum absolute atomic E-state index is 0.156. The predicted octanol–water partition coefficient (Wildman–Crippen LogP) is 3.26. The van der Waals surface area contributed by atoms with E-state index in [1.54, 1.807) is 13.0 Å². The zero-order valence-corrected chi connectivity index (χ0v) is 11.3. The Balaban J connectivity index is 2.39. The van der Waals surface area contributed by atoms with Gasteiger partial charge >= 0.3 is 0 Å². The topological polar surface area (TPSA) is 75.9 Å². The van der Waals surface area contributed by atoms with Gasteiger partial charge in [0.25, 0.3) is 0 Å². The van der Waals surface area contributed by atoms with E-state index in [4.69, 9.17) is 29.0 Å². The van der Waals surface area contributed by atoms with Crippen LogP contribution in [-0.2, 0) is 0 Å². The van der Waals surface area contributed by atoms with Crippen LogP contribution in [0.2, 0.25) is 10.0 Å². The molecule has 0 amide bonds. The Morgan fingerprint density at radius 2 is 1.68 bits per heavy atom. The molecule has 19 heavy (non-hydrogen) atoms. The maximum Gasteiger partial charge on any atom is 0.145 e. The van der Waals surface area contributed by atoms with Crippen molar-refractivity contribution < 1.29 is 4.39 Å². The first-order valence-electron chi connectivity index (χ1n) is 5.23. The van der Waals surface area contributed by atoms with Gasteiger partial charge in [0.05, 0.1) is 15.7 Å². The van der Waals surface area contributed by atoms with Crippen molar-refractivity contribution in [3.05, 3.63) is 39.9 Å². The van der Waals surface area contributed by atoms with Crippen molar-refractivity contribution in [1.82, 2.24) is 9.97 Å². The standard InChI is InChI=1S/C11H10Cl2FN5/c1-5-16-9(4-10(17-5)19-15)18-11-7(12)2-6(14)3-8(11)13/h2-4H,15H2,1H3,(H2,16,17,18,19). The molecule has 1 aromatic heterocycles. The fraction of sp³-hybridized carbons (Fsp3) is 0.0909. The van der Waals surface area contributed by atoms with Crippen LogP contribution in [0.1, 0.15) is 5.82 Å². The van der Waals surface area contributed by atoms with Crippen LogP contribution < -0.4 is 16.6 Å². The molecule has 0 unspecified atom stereocenters. The minimum atomic E-state index is -0.510. The monoisotopic (exact) mass is 301 g/mol. The van der Waals surface area contributed by atoms with Crippen molar-refractivity contribution in [2.45, 2.75) is 6.92 Å². The molecule has 100 valence electrons. The molecule has 0 aliphatic carbocycles. The molecule has 0 bridgehead atoms. The maximum absolute atomic E-state index is 13.1. The first kappa shape index (κ1) is 13.8. The lowest BCUT2D eigenvalue weighted by molar-refractivity contribution is 0.628. The molecule has 1 aromatic carbocycles. The number of nitrogens with zero attached hydrogens (tertiary/aromatic N) is 2. The van der Waals surface area contributed by atoms with Crippen LogP contribution in [0.25, 0.3) is 0 Å². The van der Waals surface area contributed by atoms with Crippen molar-refractivity contribution in [3.8, 4) is 0 Å². The summed E-state index contributed by atoms with van der Waals surface area (Å²) in [7, 11) is 0. The van der Waals surface area contributed by atoms with Crippen LogP contribution >= 0.6 is 23.2 Å². The van der Waals surface area contributed by atoms with Gasteiger partial charge < -0.3 is 10.7 Å². The van der Waals surface area contributed by atoms with Gasteiger partial charge in [-0.3, -0.25) is 0 Å². The molecule has 0 fully saturated rings. The lowest BCUT2D eigenvalue weighted by Crippen LogP contribution is -2.10. The average Bonchev–Trinajstić information content (AvgIpc) is 2.33. The van der Waals surface area contributed by atoms with E-state index in [0.717, 1.165) is 12.1 Å². The van der Waals surface area contributed by atoms with Gasteiger partial charge in [0.2, 0.25) is 0 Å². The van der Waals surface area contributed by atoms with E-state index in [9.17, 15) is 4.39 Å². The molecule has 0 saturated carbocycles. The van der Waals surface area contributed by atoms with Crippen molar-refractivity contribution >= 4 is 40.5 Å². The Morgan fingerprint density at radius 1 is 1.11 bits per heavy atom. The van der Waals surface area contributed by atoms with Gasteiger partial charge in [-0.25, -0.2) is 20.2 Å². The summed E-state index contributed by atoms with van der Waals surface area (Å²) in [6.45, 7) is 1.71. The third-order valence-corrected chi connectivity index (χ3v) is 2.84. The lowest BCUT2D eigenvalue weighted by Gasteiger charge is -2.11. The molecular weight excluding hydrogens is 292 g/mol. The largest absolute Gasteiger partial charge is 0.338 e. The average molecular weight is 302 g/mol. The first-order valence-corrected chi connectivity index (χ1v) is 5.99. The third-order valence-electron chi connectivity index (χ3n) is 2.25. The zero-order chi connectivity index (χ0) is 14.0. The molecule has 0 atom stereocenters. The molecule has 1 heterocycles. The number of aromatic nitrogens is 2. The second kappa shape index (κ2) is 5.56. The molecular formula is C11H10Cl2FN5. The van der Waals surface area contributed by atoms with Gasteiger partial charge in [0.1, 0.15) is 23.3 Å². The molecule has 2 aromatic rings. The van der Waals surface area contributed by atoms with Crippen LogP contribution in [0.3, 0.4) is 0 Å². The van der Waals surface area contributed by atoms with Gasteiger partial charge in [-0.05, 0) is 19.1 Å². The van der Waals surface area contributed by atoms with E-state index in [1.165, 1.54) is 0 Å². The Hall–Kier alpha value is -1.63. The van der Waals surface area contributed by atoms with Crippen LogP contribution in [0.4, 0.5) is 21.7 Å². The smallest absolute Gasteiger partial charge is 0.145 e. The number of hydrogen-bond donors (Lipinski definition) is 3. The highest BCUT2D eigenvalue weighted by Gasteiger charge is 2.10. The number of halogens is 3. The lowest BCUT2D eigenvalue weighted by atomic mass is 10.3. The van der Waals surface area contributed by atoms with Gasteiger partial charge in [0, 0.05) is 6.07 Å². The summed E-state index contributed by atoms with van der Waals surface area (Å²) in [5.74, 6) is 6.16. The number of aryl methyl sites for hydroxylation is 1. The summed E-state index contributed by atoms with van der Waals surface area (Å²) in [6, 6.07) is 3.89. The van der Waals surface area contributed by atoms with E-state index in [0.29, 0.717) is 23.1 Å². The van der Waals surface area contributed by atoms with Gasteiger partial charge in [-0.15, -0.1) is 0 Å². The number of hydrogen-bond acceptors (Lipinski definition) is 5.